The van der Waals surface area contributed by atoms with Gasteiger partial charge in [-0.2, -0.15) is 0 Å². The zero-order valence-corrected chi connectivity index (χ0v) is 36.4. The van der Waals surface area contributed by atoms with Crippen LogP contribution < -0.4 is 21.3 Å². The lowest BCUT2D eigenvalue weighted by Crippen LogP contribution is -2.65. The predicted octanol–water partition coefficient (Wildman–Crippen LogP) is 3.54. The lowest BCUT2D eigenvalue weighted by atomic mass is 9.73. The van der Waals surface area contributed by atoms with Crippen LogP contribution in [-0.4, -0.2) is 126 Å². The topological polar surface area (TPSA) is 160 Å². The molecule has 2 heterocycles. The first-order valence-electron chi connectivity index (χ1n) is 22.3. The molecule has 4 N–H and O–H groups in total. The maximum atomic E-state index is 15.2. The summed E-state index contributed by atoms with van der Waals surface area (Å²) in [6, 6.07) is -3.86. The second-order valence-corrected chi connectivity index (χ2v) is 20.6. The van der Waals surface area contributed by atoms with Crippen molar-refractivity contribution < 1.29 is 28.8 Å². The maximum Gasteiger partial charge on any atom is 0.289 e. The predicted molar refractivity (Wildman–Crippen MR) is 219 cm³/mol. The Morgan fingerprint density at radius 1 is 0.807 bits per heavy atom. The minimum Gasteiger partial charge on any atom is -0.347 e. The monoisotopic (exact) mass is 796 g/mol. The second-order valence-electron chi connectivity index (χ2n) is 20.6. The average Bonchev–Trinajstić information content (AvgIpc) is 3.96. The number of rotatable bonds is 14. The Labute approximate surface area is 341 Å². The Kier molecular flexibility index (Phi) is 12.6. The van der Waals surface area contributed by atoms with Crippen molar-refractivity contribution in [3.05, 3.63) is 0 Å². The van der Waals surface area contributed by atoms with Crippen molar-refractivity contribution in [1.82, 2.24) is 36.0 Å². The standard InChI is InChI=1S/C44H73N7O6/c1-10-15-30(34(52)39(56)45-29-18-19-29)46-36(53)31-24-44(42(7,8)43(44)20-14-21-43)26-51(31)40(57)35(41(4,5)6)48-38(55)33(28-16-12-11-13-17-28)47-37(54)32-25-49(9)22-23-50(32)27(2)3/h27-33,35H,10-26H2,1-9H3,(H,45,56)(H,46,53)(H,47,54)(H,48,55)/t30-,31-,32-,33-,35+,44+/m0/s1. The third kappa shape index (κ3) is 8.26. The smallest absolute Gasteiger partial charge is 0.289 e. The Balaban J connectivity index is 1.26. The molecule has 13 heteroatoms. The molecule has 13 nitrogen and oxygen atoms in total. The molecule has 0 bridgehead atoms. The van der Waals surface area contributed by atoms with Crippen molar-refractivity contribution in [2.75, 3.05) is 33.2 Å². The van der Waals surface area contributed by atoms with Gasteiger partial charge in [-0.3, -0.25) is 33.7 Å². The average molecular weight is 796 g/mol. The molecule has 6 atom stereocenters. The van der Waals surface area contributed by atoms with E-state index in [0.717, 1.165) is 77.3 Å². The molecule has 4 saturated carbocycles. The maximum absolute atomic E-state index is 15.2. The number of carbonyl (C=O) groups excluding carboxylic acids is 6. The van der Waals surface area contributed by atoms with E-state index in [-0.39, 0.29) is 52.0 Å². The van der Waals surface area contributed by atoms with Gasteiger partial charge in [-0.05, 0) is 94.4 Å². The van der Waals surface area contributed by atoms with Crippen LogP contribution in [0, 0.1) is 27.6 Å². The van der Waals surface area contributed by atoms with Gasteiger partial charge >= 0.3 is 0 Å². The number of carbonyl (C=O) groups is 6. The van der Waals surface area contributed by atoms with Gasteiger partial charge in [0, 0.05) is 43.7 Å². The van der Waals surface area contributed by atoms with Gasteiger partial charge in [0.05, 0.1) is 6.04 Å². The number of ketones is 1. The first kappa shape index (κ1) is 43.5. The van der Waals surface area contributed by atoms with Crippen LogP contribution in [0.2, 0.25) is 0 Å². The Hall–Kier alpha value is -3.06. The van der Waals surface area contributed by atoms with Crippen LogP contribution in [0.25, 0.3) is 0 Å². The van der Waals surface area contributed by atoms with Crippen molar-refractivity contribution in [2.24, 2.45) is 27.6 Å². The minimum absolute atomic E-state index is 0.0114. The first-order chi connectivity index (χ1) is 26.8. The van der Waals surface area contributed by atoms with Crippen LogP contribution in [0.3, 0.4) is 0 Å². The van der Waals surface area contributed by atoms with E-state index in [0.29, 0.717) is 32.4 Å². The molecule has 6 rings (SSSR count). The van der Waals surface area contributed by atoms with Crippen LogP contribution in [0.1, 0.15) is 139 Å². The van der Waals surface area contributed by atoms with Crippen molar-refractivity contribution in [3.8, 4) is 0 Å². The van der Waals surface area contributed by atoms with E-state index in [1.165, 1.54) is 0 Å². The van der Waals surface area contributed by atoms with Crippen LogP contribution in [0.4, 0.5) is 0 Å². The Morgan fingerprint density at radius 3 is 2.00 bits per heavy atom. The fraction of sp³-hybridized carbons (Fsp3) is 0.864. The molecule has 2 aliphatic heterocycles. The summed E-state index contributed by atoms with van der Waals surface area (Å²) in [5.74, 6) is -2.68. The highest BCUT2D eigenvalue weighted by atomic mass is 16.2. The molecule has 6 aliphatic rings. The molecular formula is C44H73N7O6. The molecule has 2 saturated heterocycles. The molecule has 0 unspecified atom stereocenters. The third-order valence-electron chi connectivity index (χ3n) is 15.4. The number of fused-ring (bicyclic) bond motifs is 1. The molecule has 5 amide bonds. The van der Waals surface area contributed by atoms with E-state index in [1.54, 1.807) is 4.90 Å². The summed E-state index contributed by atoms with van der Waals surface area (Å²) in [5, 5.41) is 12.1. The van der Waals surface area contributed by atoms with Crippen molar-refractivity contribution in [2.45, 2.75) is 181 Å². The van der Waals surface area contributed by atoms with Crippen LogP contribution in [0.15, 0.2) is 0 Å². The number of piperazine rings is 1. The van der Waals surface area contributed by atoms with E-state index in [4.69, 9.17) is 0 Å². The molecule has 0 radical (unpaired) electrons. The van der Waals surface area contributed by atoms with E-state index < -0.39 is 53.2 Å². The van der Waals surface area contributed by atoms with E-state index in [1.807, 2.05) is 34.7 Å². The summed E-state index contributed by atoms with van der Waals surface area (Å²) in [4.78, 5) is 90.8. The normalized spacial score (nSPS) is 29.0. The molecule has 6 fully saturated rings. The fourth-order valence-electron chi connectivity index (χ4n) is 11.5. The van der Waals surface area contributed by atoms with Crippen LogP contribution in [0.5, 0.6) is 0 Å². The highest BCUT2D eigenvalue weighted by molar-refractivity contribution is 6.38. The number of Topliss-reactive ketones (excluding diaryl/α,β-unsaturated/α-hetero) is 1. The largest absolute Gasteiger partial charge is 0.347 e. The molecule has 0 aromatic heterocycles. The first-order valence-corrected chi connectivity index (χ1v) is 22.3. The second kappa shape index (κ2) is 16.5. The van der Waals surface area contributed by atoms with Gasteiger partial charge in [0.1, 0.15) is 24.2 Å². The van der Waals surface area contributed by atoms with E-state index in [9.17, 15) is 24.0 Å². The summed E-state index contributed by atoms with van der Waals surface area (Å²) in [5.41, 5.74) is -1.07. The highest BCUT2D eigenvalue weighted by Gasteiger charge is 2.85. The number of likely N-dealkylation sites (N-methyl/N-ethyl adjacent to an activating group) is 1. The van der Waals surface area contributed by atoms with Crippen molar-refractivity contribution in [1.29, 1.82) is 0 Å². The van der Waals surface area contributed by atoms with Crippen LogP contribution in [-0.2, 0) is 28.8 Å². The molecule has 0 aromatic rings. The molecule has 0 aromatic carbocycles. The van der Waals surface area contributed by atoms with Crippen LogP contribution >= 0.6 is 0 Å². The Morgan fingerprint density at radius 2 is 1.46 bits per heavy atom. The molecular weight excluding hydrogens is 723 g/mol. The quantitative estimate of drug-likeness (QED) is 0.195. The number of amides is 5. The number of likely N-dealkylation sites (tertiary alicyclic amines) is 1. The summed E-state index contributed by atoms with van der Waals surface area (Å²) < 4.78 is 0. The minimum atomic E-state index is -0.992. The molecule has 320 valence electrons. The lowest BCUT2D eigenvalue weighted by Gasteiger charge is -2.42. The fourth-order valence-corrected chi connectivity index (χ4v) is 11.5. The van der Waals surface area contributed by atoms with Gasteiger partial charge in [-0.15, -0.1) is 0 Å². The zero-order valence-electron chi connectivity index (χ0n) is 36.4. The molecule has 57 heavy (non-hydrogen) atoms. The summed E-state index contributed by atoms with van der Waals surface area (Å²) in [7, 11) is 2.02. The zero-order chi connectivity index (χ0) is 41.7. The SMILES string of the molecule is CCC[C@H](NC(=O)[C@@H]1C[C@@]2(CN1C(=O)[C@@H](NC(=O)[C@@H](NC(=O)[C@@H]1CN(C)CCN1C(C)C)C1CCCCC1)C(C)(C)C)C(C)(C)C21CCC1)C(=O)C(=O)NC1CC1. The van der Waals surface area contributed by atoms with Gasteiger partial charge in [0.15, 0.2) is 0 Å². The van der Waals surface area contributed by atoms with Crippen molar-refractivity contribution >= 4 is 35.3 Å². The molecule has 4 aliphatic carbocycles. The lowest BCUT2D eigenvalue weighted by molar-refractivity contribution is -0.146. The highest BCUT2D eigenvalue weighted by Crippen LogP contribution is 2.88. The summed E-state index contributed by atoms with van der Waals surface area (Å²) in [6.07, 6.45) is 10.9. The third-order valence-corrected chi connectivity index (χ3v) is 15.4. The van der Waals surface area contributed by atoms with Gasteiger partial charge < -0.3 is 31.1 Å². The summed E-state index contributed by atoms with van der Waals surface area (Å²) in [6.45, 7) is 19.0. The van der Waals surface area contributed by atoms with Crippen molar-refractivity contribution in [3.63, 3.8) is 0 Å². The van der Waals surface area contributed by atoms with Gasteiger partial charge in [-0.25, -0.2) is 0 Å². The van der Waals surface area contributed by atoms with E-state index >= 15 is 4.79 Å². The number of hydrogen-bond donors (Lipinski definition) is 4. The number of hydrogen-bond acceptors (Lipinski definition) is 8. The number of nitrogens with zero attached hydrogens (tertiary/aromatic N) is 3. The molecule has 2 spiro atoms. The van der Waals surface area contributed by atoms with E-state index in [2.05, 4.69) is 58.8 Å². The summed E-state index contributed by atoms with van der Waals surface area (Å²) >= 11 is 0. The van der Waals surface area contributed by atoms with Gasteiger partial charge in [0.25, 0.3) is 5.91 Å². The van der Waals surface area contributed by atoms with Gasteiger partial charge in [-0.1, -0.05) is 73.6 Å². The Bertz CT molecular complexity index is 1560. The van der Waals surface area contributed by atoms with Gasteiger partial charge in [0.2, 0.25) is 29.4 Å². The number of nitrogens with one attached hydrogen (secondary N) is 4.